The van der Waals surface area contributed by atoms with Gasteiger partial charge in [0.25, 0.3) is 0 Å². The van der Waals surface area contributed by atoms with E-state index in [0.29, 0.717) is 5.69 Å². The Kier molecular flexibility index (Phi) is 5.27. The van der Waals surface area contributed by atoms with Gasteiger partial charge in [0.1, 0.15) is 6.04 Å². The molecule has 0 radical (unpaired) electrons. The first-order valence-corrected chi connectivity index (χ1v) is 6.95. The maximum absolute atomic E-state index is 11.6. The number of carboxylic acids is 1. The fraction of sp³-hybridized carbons (Fsp3) is 0.176. The number of rotatable bonds is 6. The lowest BCUT2D eigenvalue weighted by Crippen LogP contribution is -2.34. The number of amides is 1. The van der Waals surface area contributed by atoms with Crippen molar-refractivity contribution < 1.29 is 14.7 Å². The van der Waals surface area contributed by atoms with Gasteiger partial charge in [0.05, 0.1) is 6.42 Å². The Morgan fingerprint density at radius 1 is 1.00 bits per heavy atom. The van der Waals surface area contributed by atoms with Crippen molar-refractivity contribution in [2.24, 2.45) is 5.73 Å². The highest BCUT2D eigenvalue weighted by Crippen LogP contribution is 2.14. The van der Waals surface area contributed by atoms with Crippen LogP contribution in [0.3, 0.4) is 0 Å². The molecule has 1 amide bonds. The zero-order valence-electron chi connectivity index (χ0n) is 12.0. The summed E-state index contributed by atoms with van der Waals surface area (Å²) < 4.78 is 0. The molecule has 0 aromatic heterocycles. The van der Waals surface area contributed by atoms with Crippen LogP contribution in [-0.4, -0.2) is 23.0 Å². The summed E-state index contributed by atoms with van der Waals surface area (Å²) in [7, 11) is 0. The lowest BCUT2D eigenvalue weighted by atomic mass is 10.0. The molecule has 1 atom stereocenters. The third-order valence-corrected chi connectivity index (χ3v) is 3.21. The summed E-state index contributed by atoms with van der Waals surface area (Å²) in [5.74, 6) is -1.60. The zero-order valence-corrected chi connectivity index (χ0v) is 12.0. The van der Waals surface area contributed by atoms with Gasteiger partial charge in [-0.05, 0) is 29.7 Å². The van der Waals surface area contributed by atoms with Gasteiger partial charge in [-0.15, -0.1) is 0 Å². The Hall–Kier alpha value is -2.66. The maximum Gasteiger partial charge on any atom is 0.321 e. The molecule has 0 fully saturated rings. The minimum absolute atomic E-state index is 0.249. The van der Waals surface area contributed by atoms with Crippen molar-refractivity contribution in [3.05, 3.63) is 65.7 Å². The van der Waals surface area contributed by atoms with E-state index in [1.807, 2.05) is 30.3 Å². The Balaban J connectivity index is 1.92. The van der Waals surface area contributed by atoms with E-state index in [2.05, 4.69) is 17.4 Å². The van der Waals surface area contributed by atoms with Crippen LogP contribution >= 0.6 is 0 Å². The van der Waals surface area contributed by atoms with Crippen molar-refractivity contribution in [3.63, 3.8) is 0 Å². The molecule has 0 saturated carbocycles. The number of anilines is 1. The third kappa shape index (κ3) is 4.71. The predicted molar refractivity (Wildman–Crippen MR) is 84.5 cm³/mol. The molecule has 114 valence electrons. The Morgan fingerprint density at radius 2 is 1.59 bits per heavy atom. The zero-order chi connectivity index (χ0) is 15.9. The number of carbonyl (C=O) groups excluding carboxylic acids is 1. The molecule has 0 aliphatic rings. The molecule has 5 nitrogen and oxygen atoms in total. The Bertz CT molecular complexity index is 639. The normalized spacial score (nSPS) is 11.7. The van der Waals surface area contributed by atoms with Crippen LogP contribution in [0.2, 0.25) is 0 Å². The summed E-state index contributed by atoms with van der Waals surface area (Å²) in [5, 5.41) is 11.3. The van der Waals surface area contributed by atoms with E-state index in [4.69, 9.17) is 10.8 Å². The monoisotopic (exact) mass is 298 g/mol. The van der Waals surface area contributed by atoms with Gasteiger partial charge in [0.15, 0.2) is 0 Å². The van der Waals surface area contributed by atoms with Crippen LogP contribution in [0.4, 0.5) is 5.69 Å². The summed E-state index contributed by atoms with van der Waals surface area (Å²) >= 11 is 0. The van der Waals surface area contributed by atoms with Gasteiger partial charge < -0.3 is 16.2 Å². The first-order chi connectivity index (χ1) is 10.5. The predicted octanol–water partition coefficient (Wildman–Crippen LogP) is 2.02. The summed E-state index contributed by atoms with van der Waals surface area (Å²) in [5.41, 5.74) is 8.29. The Labute approximate surface area is 128 Å². The minimum atomic E-state index is -1.19. The molecule has 0 bridgehead atoms. The third-order valence-electron chi connectivity index (χ3n) is 3.21. The molecule has 2 aromatic rings. The molecule has 0 spiro atoms. The highest BCUT2D eigenvalue weighted by Gasteiger charge is 2.16. The van der Waals surface area contributed by atoms with E-state index < -0.39 is 17.9 Å². The van der Waals surface area contributed by atoms with Crippen molar-refractivity contribution >= 4 is 17.6 Å². The van der Waals surface area contributed by atoms with Gasteiger partial charge in [0, 0.05) is 5.69 Å². The number of benzene rings is 2. The quantitative estimate of drug-likeness (QED) is 0.760. The van der Waals surface area contributed by atoms with Crippen molar-refractivity contribution in [1.82, 2.24) is 0 Å². The van der Waals surface area contributed by atoms with Crippen LogP contribution in [0, 0.1) is 0 Å². The molecule has 5 heteroatoms. The van der Waals surface area contributed by atoms with Crippen LogP contribution in [0.15, 0.2) is 54.6 Å². The largest absolute Gasteiger partial charge is 0.480 e. The number of hydrogen-bond acceptors (Lipinski definition) is 3. The number of hydrogen-bond donors (Lipinski definition) is 3. The number of nitrogens with one attached hydrogen (secondary N) is 1. The minimum Gasteiger partial charge on any atom is -0.480 e. The standard InChI is InChI=1S/C17H18N2O3/c18-15(17(21)22)11-16(20)19-14-8-6-13(7-9-14)10-12-4-2-1-3-5-12/h1-9,15H,10-11,18H2,(H,19,20)(H,21,22)/t15-/m0/s1. The molecule has 4 N–H and O–H groups in total. The van der Waals surface area contributed by atoms with E-state index in [9.17, 15) is 9.59 Å². The molecule has 0 saturated heterocycles. The molecular weight excluding hydrogens is 280 g/mol. The van der Waals surface area contributed by atoms with Gasteiger partial charge in [0.2, 0.25) is 5.91 Å². The first-order valence-electron chi connectivity index (χ1n) is 6.95. The number of aliphatic carboxylic acids is 1. The van der Waals surface area contributed by atoms with Crippen molar-refractivity contribution in [2.45, 2.75) is 18.9 Å². The average molecular weight is 298 g/mol. The summed E-state index contributed by atoms with van der Waals surface area (Å²) in [4.78, 5) is 22.2. The van der Waals surface area contributed by atoms with Crippen LogP contribution in [0.25, 0.3) is 0 Å². The van der Waals surface area contributed by atoms with E-state index in [1.54, 1.807) is 12.1 Å². The molecule has 22 heavy (non-hydrogen) atoms. The van der Waals surface area contributed by atoms with Gasteiger partial charge in [-0.1, -0.05) is 42.5 Å². The number of carboxylic acid groups (broad SMARTS) is 1. The van der Waals surface area contributed by atoms with Gasteiger partial charge in [-0.25, -0.2) is 0 Å². The molecule has 0 aliphatic heterocycles. The van der Waals surface area contributed by atoms with Crippen LogP contribution in [0.5, 0.6) is 0 Å². The second kappa shape index (κ2) is 7.38. The van der Waals surface area contributed by atoms with E-state index in [0.717, 1.165) is 12.0 Å². The van der Waals surface area contributed by atoms with Crippen molar-refractivity contribution in [3.8, 4) is 0 Å². The number of carbonyl (C=O) groups is 2. The lowest BCUT2D eigenvalue weighted by molar-refractivity contribution is -0.140. The van der Waals surface area contributed by atoms with Crippen LogP contribution < -0.4 is 11.1 Å². The SMILES string of the molecule is N[C@@H](CC(=O)Nc1ccc(Cc2ccccc2)cc1)C(=O)O. The van der Waals surface area contributed by atoms with E-state index in [-0.39, 0.29) is 6.42 Å². The second-order valence-corrected chi connectivity index (χ2v) is 5.06. The van der Waals surface area contributed by atoms with Gasteiger partial charge >= 0.3 is 5.97 Å². The molecular formula is C17H18N2O3. The highest BCUT2D eigenvalue weighted by atomic mass is 16.4. The summed E-state index contributed by atoms with van der Waals surface area (Å²) in [6.07, 6.45) is 0.569. The molecule has 0 unspecified atom stereocenters. The van der Waals surface area contributed by atoms with Crippen LogP contribution in [-0.2, 0) is 16.0 Å². The Morgan fingerprint density at radius 3 is 2.18 bits per heavy atom. The molecule has 0 heterocycles. The van der Waals surface area contributed by atoms with Crippen molar-refractivity contribution in [1.29, 1.82) is 0 Å². The molecule has 2 rings (SSSR count). The van der Waals surface area contributed by atoms with Crippen LogP contribution in [0.1, 0.15) is 17.5 Å². The second-order valence-electron chi connectivity index (χ2n) is 5.06. The lowest BCUT2D eigenvalue weighted by Gasteiger charge is -2.09. The molecule has 2 aromatic carbocycles. The summed E-state index contributed by atoms with van der Waals surface area (Å²) in [6, 6.07) is 16.4. The fourth-order valence-electron chi connectivity index (χ4n) is 2.04. The average Bonchev–Trinajstić information content (AvgIpc) is 2.50. The topological polar surface area (TPSA) is 92.4 Å². The van der Waals surface area contributed by atoms with Gasteiger partial charge in [-0.2, -0.15) is 0 Å². The fourth-order valence-corrected chi connectivity index (χ4v) is 2.04. The smallest absolute Gasteiger partial charge is 0.321 e. The van der Waals surface area contributed by atoms with Crippen molar-refractivity contribution in [2.75, 3.05) is 5.32 Å². The summed E-state index contributed by atoms with van der Waals surface area (Å²) in [6.45, 7) is 0. The molecule has 0 aliphatic carbocycles. The van der Waals surface area contributed by atoms with E-state index in [1.165, 1.54) is 5.56 Å². The first kappa shape index (κ1) is 15.7. The highest BCUT2D eigenvalue weighted by molar-refractivity contribution is 5.93. The number of nitrogens with two attached hydrogens (primary N) is 1. The van der Waals surface area contributed by atoms with Gasteiger partial charge in [-0.3, -0.25) is 9.59 Å². The maximum atomic E-state index is 11.6. The van der Waals surface area contributed by atoms with E-state index >= 15 is 0 Å².